The van der Waals surface area contributed by atoms with Crippen molar-refractivity contribution < 1.29 is 18.7 Å². The number of carbonyl (C=O) groups excluding carboxylic acids is 2. The van der Waals surface area contributed by atoms with Crippen LogP contribution in [0, 0.1) is 6.92 Å². The van der Waals surface area contributed by atoms with Gasteiger partial charge in [-0.3, -0.25) is 4.79 Å². The molecule has 0 bridgehead atoms. The Balaban J connectivity index is 1.90. The van der Waals surface area contributed by atoms with Crippen molar-refractivity contribution in [1.29, 1.82) is 0 Å². The van der Waals surface area contributed by atoms with E-state index in [1.807, 2.05) is 0 Å². The van der Waals surface area contributed by atoms with Crippen LogP contribution in [0.4, 0.5) is 5.82 Å². The standard InChI is InChI=1S/C16H14Cl2N2O4/c1-9-3-4-12(23-9)5-6-14(21)24-10(2)16(22)20-15-13(18)7-11(17)8-19-15/h3-8,10H,1-2H3,(H,19,20,22)/b6-5+/t10-/m0/s1. The molecule has 0 unspecified atom stereocenters. The average Bonchev–Trinajstić information content (AvgIpc) is 2.93. The highest BCUT2D eigenvalue weighted by Crippen LogP contribution is 2.22. The number of esters is 1. The fourth-order valence-electron chi connectivity index (χ4n) is 1.69. The Morgan fingerprint density at radius 1 is 1.38 bits per heavy atom. The maximum atomic E-state index is 12.0. The van der Waals surface area contributed by atoms with E-state index in [2.05, 4.69) is 10.3 Å². The molecule has 0 aliphatic rings. The Hall–Kier alpha value is -2.31. The molecule has 0 aliphatic carbocycles. The number of furan rings is 1. The van der Waals surface area contributed by atoms with Crippen LogP contribution in [-0.4, -0.2) is 23.0 Å². The Morgan fingerprint density at radius 3 is 2.75 bits per heavy atom. The first kappa shape index (κ1) is 18.0. The predicted molar refractivity (Wildman–Crippen MR) is 90.9 cm³/mol. The molecule has 8 heteroatoms. The maximum absolute atomic E-state index is 12.0. The molecule has 1 atom stereocenters. The van der Waals surface area contributed by atoms with Crippen molar-refractivity contribution >= 4 is 47.0 Å². The lowest BCUT2D eigenvalue weighted by Gasteiger charge is -2.12. The summed E-state index contributed by atoms with van der Waals surface area (Å²) in [6.07, 6.45) is 2.94. The second-order valence-electron chi connectivity index (χ2n) is 4.83. The minimum absolute atomic E-state index is 0.135. The number of aryl methyl sites for hydroxylation is 1. The summed E-state index contributed by atoms with van der Waals surface area (Å²) >= 11 is 11.6. The lowest BCUT2D eigenvalue weighted by molar-refractivity contribution is -0.148. The van der Waals surface area contributed by atoms with Crippen molar-refractivity contribution in [3.8, 4) is 0 Å². The highest BCUT2D eigenvalue weighted by molar-refractivity contribution is 6.36. The molecule has 2 aromatic rings. The number of nitrogens with one attached hydrogen (secondary N) is 1. The van der Waals surface area contributed by atoms with E-state index >= 15 is 0 Å². The zero-order valence-corrected chi connectivity index (χ0v) is 14.4. The van der Waals surface area contributed by atoms with Crippen LogP contribution in [0.2, 0.25) is 10.0 Å². The molecular weight excluding hydrogens is 355 g/mol. The van der Waals surface area contributed by atoms with Crippen LogP contribution in [0.3, 0.4) is 0 Å². The second kappa shape index (κ2) is 7.99. The van der Waals surface area contributed by atoms with Gasteiger partial charge in [-0.15, -0.1) is 0 Å². The van der Waals surface area contributed by atoms with Gasteiger partial charge in [0.2, 0.25) is 0 Å². The largest absolute Gasteiger partial charge is 0.462 e. The van der Waals surface area contributed by atoms with E-state index in [0.717, 1.165) is 5.76 Å². The summed E-state index contributed by atoms with van der Waals surface area (Å²) in [6.45, 7) is 3.22. The monoisotopic (exact) mass is 368 g/mol. The van der Waals surface area contributed by atoms with Crippen LogP contribution in [0.15, 0.2) is 34.9 Å². The Labute approximate surface area is 148 Å². The summed E-state index contributed by atoms with van der Waals surface area (Å²) in [7, 11) is 0. The molecule has 1 N–H and O–H groups in total. The van der Waals surface area contributed by atoms with Gasteiger partial charge in [0.15, 0.2) is 11.9 Å². The normalized spacial score (nSPS) is 12.2. The lowest BCUT2D eigenvalue weighted by atomic mass is 10.3. The van der Waals surface area contributed by atoms with Gasteiger partial charge in [0.05, 0.1) is 10.0 Å². The molecule has 0 saturated heterocycles. The summed E-state index contributed by atoms with van der Waals surface area (Å²) in [5.41, 5.74) is 0. The fourth-order valence-corrected chi connectivity index (χ4v) is 2.11. The number of nitrogens with zero attached hydrogens (tertiary/aromatic N) is 1. The average molecular weight is 369 g/mol. The fraction of sp³-hybridized carbons (Fsp3) is 0.188. The van der Waals surface area contributed by atoms with Crippen molar-refractivity contribution in [2.75, 3.05) is 5.32 Å². The topological polar surface area (TPSA) is 81.4 Å². The summed E-state index contributed by atoms with van der Waals surface area (Å²) < 4.78 is 10.3. The quantitative estimate of drug-likeness (QED) is 0.639. The van der Waals surface area contributed by atoms with Gasteiger partial charge in [0.25, 0.3) is 5.91 Å². The van der Waals surface area contributed by atoms with Crippen LogP contribution in [0.5, 0.6) is 0 Å². The van der Waals surface area contributed by atoms with E-state index in [1.165, 1.54) is 31.3 Å². The van der Waals surface area contributed by atoms with E-state index < -0.39 is 18.0 Å². The third-order valence-corrected chi connectivity index (χ3v) is 3.35. The number of hydrogen-bond donors (Lipinski definition) is 1. The van der Waals surface area contributed by atoms with Crippen LogP contribution in [0.25, 0.3) is 6.08 Å². The van der Waals surface area contributed by atoms with Gasteiger partial charge in [-0.05, 0) is 38.1 Å². The van der Waals surface area contributed by atoms with Gasteiger partial charge < -0.3 is 14.5 Å². The zero-order chi connectivity index (χ0) is 17.7. The number of rotatable bonds is 5. The number of anilines is 1. The van der Waals surface area contributed by atoms with Crippen LogP contribution >= 0.6 is 23.2 Å². The highest BCUT2D eigenvalue weighted by Gasteiger charge is 2.18. The molecular formula is C16H14Cl2N2O4. The molecule has 0 fully saturated rings. The molecule has 2 rings (SSSR count). The summed E-state index contributed by atoms with van der Waals surface area (Å²) in [5.74, 6) is 0.126. The van der Waals surface area contributed by atoms with E-state index in [9.17, 15) is 9.59 Å². The van der Waals surface area contributed by atoms with Crippen molar-refractivity contribution in [3.05, 3.63) is 52.0 Å². The van der Waals surface area contributed by atoms with Crippen molar-refractivity contribution in [2.24, 2.45) is 0 Å². The number of carbonyl (C=O) groups is 2. The number of pyridine rings is 1. The molecule has 0 aliphatic heterocycles. The number of aromatic nitrogens is 1. The number of hydrogen-bond acceptors (Lipinski definition) is 5. The number of ether oxygens (including phenoxy) is 1. The first-order valence-electron chi connectivity index (χ1n) is 6.92. The van der Waals surface area contributed by atoms with Gasteiger partial charge in [-0.25, -0.2) is 9.78 Å². The van der Waals surface area contributed by atoms with Gasteiger partial charge in [0, 0.05) is 12.3 Å². The maximum Gasteiger partial charge on any atom is 0.331 e. The molecule has 1 amide bonds. The molecule has 0 radical (unpaired) electrons. The molecule has 2 aromatic heterocycles. The highest BCUT2D eigenvalue weighted by atomic mass is 35.5. The van der Waals surface area contributed by atoms with E-state index in [1.54, 1.807) is 19.1 Å². The zero-order valence-electron chi connectivity index (χ0n) is 12.9. The van der Waals surface area contributed by atoms with Gasteiger partial charge in [0.1, 0.15) is 11.5 Å². The summed E-state index contributed by atoms with van der Waals surface area (Å²) in [4.78, 5) is 27.6. The number of amides is 1. The van der Waals surface area contributed by atoms with Gasteiger partial charge in [-0.2, -0.15) is 0 Å². The molecule has 126 valence electrons. The first-order chi connectivity index (χ1) is 11.3. The van der Waals surface area contributed by atoms with Crippen LogP contribution in [-0.2, 0) is 14.3 Å². The van der Waals surface area contributed by atoms with Gasteiger partial charge >= 0.3 is 5.97 Å². The SMILES string of the molecule is Cc1ccc(/C=C/C(=O)O[C@@H](C)C(=O)Nc2ncc(Cl)cc2Cl)o1. The van der Waals surface area contributed by atoms with Crippen LogP contribution in [0.1, 0.15) is 18.4 Å². The van der Waals surface area contributed by atoms with Crippen molar-refractivity contribution in [2.45, 2.75) is 20.0 Å². The smallest absolute Gasteiger partial charge is 0.331 e. The summed E-state index contributed by atoms with van der Waals surface area (Å²) in [6, 6.07) is 4.92. The van der Waals surface area contributed by atoms with Gasteiger partial charge in [-0.1, -0.05) is 23.2 Å². The molecule has 6 nitrogen and oxygen atoms in total. The molecule has 2 heterocycles. The third-order valence-electron chi connectivity index (χ3n) is 2.86. The summed E-state index contributed by atoms with van der Waals surface area (Å²) in [5, 5.41) is 2.99. The van der Waals surface area contributed by atoms with Crippen molar-refractivity contribution in [3.63, 3.8) is 0 Å². The Kier molecular flexibility index (Phi) is 6.00. The molecule has 0 saturated carbocycles. The van der Waals surface area contributed by atoms with Crippen molar-refractivity contribution in [1.82, 2.24) is 4.98 Å². The van der Waals surface area contributed by atoms with Crippen LogP contribution < -0.4 is 5.32 Å². The number of halogens is 2. The van der Waals surface area contributed by atoms with E-state index in [4.69, 9.17) is 32.4 Å². The Bertz CT molecular complexity index is 786. The molecule has 0 aromatic carbocycles. The molecule has 24 heavy (non-hydrogen) atoms. The van der Waals surface area contributed by atoms with E-state index in [0.29, 0.717) is 10.8 Å². The first-order valence-corrected chi connectivity index (χ1v) is 7.68. The molecule has 0 spiro atoms. The van der Waals surface area contributed by atoms with E-state index in [-0.39, 0.29) is 10.8 Å². The lowest BCUT2D eigenvalue weighted by Crippen LogP contribution is -2.29. The second-order valence-corrected chi connectivity index (χ2v) is 5.68. The minimum Gasteiger partial charge on any atom is -0.462 e. The predicted octanol–water partition coefficient (Wildman–Crippen LogP) is 3.87. The minimum atomic E-state index is -1.03. The Morgan fingerprint density at radius 2 is 2.12 bits per heavy atom. The third kappa shape index (κ3) is 5.11.